The number of thiophene rings is 1. The molecule has 1 aliphatic heterocycles. The molecule has 0 bridgehead atoms. The lowest BCUT2D eigenvalue weighted by molar-refractivity contribution is -0.121. The molecule has 3 aromatic rings. The highest BCUT2D eigenvalue weighted by atomic mass is 32.2. The zero-order valence-corrected chi connectivity index (χ0v) is 18.4. The normalized spacial score (nSPS) is 15.9. The minimum absolute atomic E-state index is 0.146. The molecule has 0 aliphatic carbocycles. The van der Waals surface area contributed by atoms with Crippen molar-refractivity contribution in [3.8, 4) is 5.75 Å². The summed E-state index contributed by atoms with van der Waals surface area (Å²) >= 11 is 2.73. The molecule has 1 N–H and O–H groups in total. The van der Waals surface area contributed by atoms with Gasteiger partial charge < -0.3 is 10.1 Å². The fraction of sp³-hybridized carbons (Fsp3) is 0.174. The lowest BCUT2D eigenvalue weighted by Crippen LogP contribution is -2.31. The minimum Gasteiger partial charge on any atom is -0.494 e. The lowest BCUT2D eigenvalue weighted by Gasteiger charge is -2.15. The summed E-state index contributed by atoms with van der Waals surface area (Å²) in [6.07, 6.45) is 0.146. The summed E-state index contributed by atoms with van der Waals surface area (Å²) in [5.74, 6) is 0.0984. The number of rotatable bonds is 7. The van der Waals surface area contributed by atoms with Crippen molar-refractivity contribution in [3.05, 3.63) is 70.9 Å². The van der Waals surface area contributed by atoms with Crippen LogP contribution in [-0.4, -0.2) is 29.6 Å². The number of carbonyl (C=O) groups is 3. The lowest BCUT2D eigenvalue weighted by atomic mass is 10.3. The van der Waals surface area contributed by atoms with Crippen LogP contribution in [0.4, 0.5) is 11.4 Å². The number of amides is 3. The van der Waals surface area contributed by atoms with Crippen LogP contribution in [-0.2, 0) is 9.59 Å². The van der Waals surface area contributed by atoms with E-state index in [2.05, 4.69) is 5.32 Å². The van der Waals surface area contributed by atoms with Gasteiger partial charge in [-0.2, -0.15) is 0 Å². The Hall–Kier alpha value is -3.10. The molecular formula is C23H20N2O4S2. The first-order chi connectivity index (χ1) is 15.0. The van der Waals surface area contributed by atoms with Crippen LogP contribution in [0.25, 0.3) is 0 Å². The van der Waals surface area contributed by atoms with Gasteiger partial charge in [0.2, 0.25) is 11.8 Å². The molecule has 0 spiro atoms. The highest BCUT2D eigenvalue weighted by Gasteiger charge is 2.40. The molecule has 2 heterocycles. The van der Waals surface area contributed by atoms with Crippen LogP contribution in [0.2, 0.25) is 0 Å². The number of benzene rings is 2. The Kier molecular flexibility index (Phi) is 6.39. The van der Waals surface area contributed by atoms with Crippen molar-refractivity contribution in [3.63, 3.8) is 0 Å². The molecule has 2 aromatic carbocycles. The standard InChI is InChI=1S/C23H20N2O4S2/c1-2-29-17-9-7-16(8-10-17)25-21(26)14-20(23(25)28)31-18-11-5-15(6-12-18)24-22(27)19-4-3-13-30-19/h3-13,20H,2,14H2,1H3,(H,24,27). The predicted molar refractivity (Wildman–Crippen MR) is 123 cm³/mol. The van der Waals surface area contributed by atoms with E-state index in [1.165, 1.54) is 28.0 Å². The molecule has 8 heteroatoms. The summed E-state index contributed by atoms with van der Waals surface area (Å²) in [5, 5.41) is 4.22. The molecular weight excluding hydrogens is 432 g/mol. The van der Waals surface area contributed by atoms with Gasteiger partial charge >= 0.3 is 0 Å². The Balaban J connectivity index is 1.39. The molecule has 1 aliphatic rings. The molecule has 4 rings (SSSR count). The number of anilines is 2. The van der Waals surface area contributed by atoms with Gasteiger partial charge in [-0.3, -0.25) is 14.4 Å². The largest absolute Gasteiger partial charge is 0.494 e. The zero-order valence-electron chi connectivity index (χ0n) is 16.7. The van der Waals surface area contributed by atoms with Gasteiger partial charge in [-0.1, -0.05) is 6.07 Å². The van der Waals surface area contributed by atoms with Gasteiger partial charge in [0.1, 0.15) is 5.75 Å². The number of ether oxygens (including phenoxy) is 1. The number of imide groups is 1. The van der Waals surface area contributed by atoms with Crippen molar-refractivity contribution < 1.29 is 19.1 Å². The fourth-order valence-electron chi connectivity index (χ4n) is 3.21. The number of nitrogens with zero attached hydrogens (tertiary/aromatic N) is 1. The van der Waals surface area contributed by atoms with E-state index < -0.39 is 5.25 Å². The molecule has 3 amide bonds. The third kappa shape index (κ3) is 4.81. The van der Waals surface area contributed by atoms with Crippen LogP contribution in [0.15, 0.2) is 70.9 Å². The molecule has 0 radical (unpaired) electrons. The molecule has 6 nitrogen and oxygen atoms in total. The summed E-state index contributed by atoms with van der Waals surface area (Å²) in [6.45, 7) is 2.45. The monoisotopic (exact) mass is 452 g/mol. The maximum Gasteiger partial charge on any atom is 0.265 e. The average Bonchev–Trinajstić information content (AvgIpc) is 3.39. The number of carbonyl (C=O) groups excluding carboxylic acids is 3. The highest BCUT2D eigenvalue weighted by molar-refractivity contribution is 8.00. The van der Waals surface area contributed by atoms with E-state index in [4.69, 9.17) is 4.74 Å². The summed E-state index contributed by atoms with van der Waals surface area (Å²) in [5.41, 5.74) is 1.22. The van der Waals surface area contributed by atoms with Gasteiger partial charge in [0.25, 0.3) is 5.91 Å². The molecule has 158 valence electrons. The van der Waals surface area contributed by atoms with Crippen LogP contribution in [0.5, 0.6) is 5.75 Å². The molecule has 1 aromatic heterocycles. The first-order valence-electron chi connectivity index (χ1n) is 9.76. The van der Waals surface area contributed by atoms with Gasteiger partial charge in [-0.05, 0) is 66.9 Å². The predicted octanol–water partition coefficient (Wildman–Crippen LogP) is 4.82. The summed E-state index contributed by atoms with van der Waals surface area (Å²) in [6, 6.07) is 17.8. The van der Waals surface area contributed by atoms with Crippen molar-refractivity contribution in [2.75, 3.05) is 16.8 Å². The van der Waals surface area contributed by atoms with Gasteiger partial charge in [-0.15, -0.1) is 23.1 Å². The molecule has 1 atom stereocenters. The van der Waals surface area contributed by atoms with Crippen LogP contribution in [0.1, 0.15) is 23.0 Å². The summed E-state index contributed by atoms with van der Waals surface area (Å²) < 4.78 is 5.41. The smallest absolute Gasteiger partial charge is 0.265 e. The third-order valence-corrected chi connectivity index (χ3v) is 6.71. The zero-order chi connectivity index (χ0) is 21.8. The second kappa shape index (κ2) is 9.36. The van der Waals surface area contributed by atoms with Gasteiger partial charge in [0.15, 0.2) is 0 Å². The molecule has 31 heavy (non-hydrogen) atoms. The number of thioether (sulfide) groups is 1. The van der Waals surface area contributed by atoms with E-state index in [1.54, 1.807) is 42.5 Å². The van der Waals surface area contributed by atoms with Crippen molar-refractivity contribution in [2.45, 2.75) is 23.5 Å². The van der Waals surface area contributed by atoms with Crippen LogP contribution < -0.4 is 15.0 Å². The first kappa shape index (κ1) is 21.1. The quantitative estimate of drug-likeness (QED) is 0.520. The molecule has 1 unspecified atom stereocenters. The van der Waals surface area contributed by atoms with E-state index in [0.717, 1.165) is 4.90 Å². The topological polar surface area (TPSA) is 75.7 Å². The minimum atomic E-state index is -0.481. The summed E-state index contributed by atoms with van der Waals surface area (Å²) in [7, 11) is 0. The Labute approximate surface area is 188 Å². The Morgan fingerprint density at radius 2 is 1.87 bits per heavy atom. The second-order valence-electron chi connectivity index (χ2n) is 6.76. The maximum absolute atomic E-state index is 12.9. The highest BCUT2D eigenvalue weighted by Crippen LogP contribution is 2.35. The fourth-order valence-corrected chi connectivity index (χ4v) is 4.88. The number of nitrogens with one attached hydrogen (secondary N) is 1. The van der Waals surface area contributed by atoms with Crippen molar-refractivity contribution in [1.29, 1.82) is 0 Å². The Bertz CT molecular complexity index is 1080. The van der Waals surface area contributed by atoms with Crippen LogP contribution in [0.3, 0.4) is 0 Å². The SMILES string of the molecule is CCOc1ccc(N2C(=O)CC(Sc3ccc(NC(=O)c4cccs4)cc3)C2=O)cc1. The van der Waals surface area contributed by atoms with Crippen LogP contribution in [0, 0.1) is 0 Å². The summed E-state index contributed by atoms with van der Waals surface area (Å²) in [4.78, 5) is 40.3. The first-order valence-corrected chi connectivity index (χ1v) is 11.5. The van der Waals surface area contributed by atoms with Crippen LogP contribution >= 0.6 is 23.1 Å². The van der Waals surface area contributed by atoms with Gasteiger partial charge in [0.05, 0.1) is 22.4 Å². The number of hydrogen-bond acceptors (Lipinski definition) is 6. The average molecular weight is 453 g/mol. The molecule has 1 saturated heterocycles. The van der Waals surface area contributed by atoms with Crippen molar-refractivity contribution in [2.24, 2.45) is 0 Å². The maximum atomic E-state index is 12.9. The Morgan fingerprint density at radius 3 is 2.52 bits per heavy atom. The molecule has 0 saturated carbocycles. The van der Waals surface area contributed by atoms with E-state index >= 15 is 0 Å². The van der Waals surface area contributed by atoms with Gasteiger partial charge in [-0.25, -0.2) is 4.90 Å². The van der Waals surface area contributed by atoms with Crippen molar-refractivity contribution >= 4 is 52.2 Å². The van der Waals surface area contributed by atoms with E-state index in [-0.39, 0.29) is 24.1 Å². The van der Waals surface area contributed by atoms with E-state index in [0.29, 0.717) is 28.6 Å². The second-order valence-corrected chi connectivity index (χ2v) is 8.98. The number of hydrogen-bond donors (Lipinski definition) is 1. The Morgan fingerprint density at radius 1 is 1.13 bits per heavy atom. The third-order valence-electron chi connectivity index (χ3n) is 4.65. The van der Waals surface area contributed by atoms with Gasteiger partial charge in [0, 0.05) is 17.0 Å². The van der Waals surface area contributed by atoms with Crippen molar-refractivity contribution in [1.82, 2.24) is 0 Å². The van der Waals surface area contributed by atoms with E-state index in [9.17, 15) is 14.4 Å². The molecule has 1 fully saturated rings. The van der Waals surface area contributed by atoms with E-state index in [1.807, 2.05) is 30.5 Å².